The van der Waals surface area contributed by atoms with Gasteiger partial charge in [-0.1, -0.05) is 0 Å². The first-order chi connectivity index (χ1) is 17.7. The quantitative estimate of drug-likeness (QED) is 0.485. The minimum Gasteiger partial charge on any atom is -0.390 e. The number of aliphatic hydroxyl groups is 1. The number of rotatable bonds is 5. The molecule has 3 aromatic rings. The number of pyridine rings is 1. The number of carbonyl (C=O) groups excluding carboxylic acids is 1. The number of amides is 1. The van der Waals surface area contributed by atoms with Gasteiger partial charge in [-0.05, 0) is 69.4 Å². The fourth-order valence-electron chi connectivity index (χ4n) is 5.37. The molecule has 194 valence electrons. The first kappa shape index (κ1) is 25.0. The van der Waals surface area contributed by atoms with Gasteiger partial charge in [0, 0.05) is 37.1 Å². The maximum absolute atomic E-state index is 13.1. The average Bonchev–Trinajstić information content (AvgIpc) is 3.25. The Morgan fingerprint density at radius 3 is 2.76 bits per heavy atom. The molecule has 2 aliphatic heterocycles. The minimum atomic E-state index is -0.723. The molecule has 2 aromatic heterocycles. The Labute approximate surface area is 214 Å². The van der Waals surface area contributed by atoms with E-state index in [0.29, 0.717) is 67.1 Å². The molecule has 5 rings (SSSR count). The second-order valence-electron chi connectivity index (χ2n) is 10.5. The van der Waals surface area contributed by atoms with E-state index in [9.17, 15) is 20.0 Å². The number of hydrogen-bond acceptors (Lipinski definition) is 7. The molecule has 1 atom stereocenters. The Morgan fingerprint density at radius 2 is 2.08 bits per heavy atom. The maximum Gasteiger partial charge on any atom is 0.261 e. The Hall–Kier alpha value is -3.68. The SMILES string of the molecule is Cc1cc(Nc2nn(C3(CC#N)CCCOC3)c3cc[nH]c(=O)c23)ccc1C(=O)N1CCC(C)(O)CC1. The number of nitrogens with one attached hydrogen (secondary N) is 2. The Kier molecular flexibility index (Phi) is 6.52. The van der Waals surface area contributed by atoms with E-state index in [4.69, 9.17) is 9.84 Å². The molecule has 4 heterocycles. The standard InChI is InChI=1S/C27H32N6O4/c1-18-16-19(4-5-20(18)25(35)32-13-9-26(2,36)10-14-32)30-23-22-21(6-12-29-24(22)34)33(31-23)27(8-11-28)7-3-15-37-17-27/h4-6,12,16,36H,3,7-10,13-15,17H2,1-2H3,(H,29,34)(H,30,31). The van der Waals surface area contributed by atoms with Gasteiger partial charge in [0.25, 0.3) is 11.5 Å². The summed E-state index contributed by atoms with van der Waals surface area (Å²) in [4.78, 5) is 30.5. The van der Waals surface area contributed by atoms with Crippen molar-refractivity contribution in [2.24, 2.45) is 0 Å². The zero-order valence-corrected chi connectivity index (χ0v) is 21.2. The first-order valence-electron chi connectivity index (χ1n) is 12.7. The van der Waals surface area contributed by atoms with Gasteiger partial charge in [-0.2, -0.15) is 10.4 Å². The number of aromatic amines is 1. The van der Waals surface area contributed by atoms with Crippen LogP contribution in [0.15, 0.2) is 35.3 Å². The summed E-state index contributed by atoms with van der Waals surface area (Å²) in [7, 11) is 0. The van der Waals surface area contributed by atoms with E-state index in [1.807, 2.05) is 13.0 Å². The van der Waals surface area contributed by atoms with Crippen LogP contribution in [0, 0.1) is 18.3 Å². The molecule has 2 aliphatic rings. The molecule has 0 spiro atoms. The second kappa shape index (κ2) is 9.65. The zero-order chi connectivity index (χ0) is 26.2. The predicted molar refractivity (Wildman–Crippen MR) is 139 cm³/mol. The van der Waals surface area contributed by atoms with Crippen molar-refractivity contribution in [1.29, 1.82) is 5.26 Å². The summed E-state index contributed by atoms with van der Waals surface area (Å²) in [6.07, 6.45) is 4.45. The number of fused-ring (bicyclic) bond motifs is 1. The number of hydrogen-bond donors (Lipinski definition) is 3. The molecule has 0 aliphatic carbocycles. The van der Waals surface area contributed by atoms with Crippen LogP contribution in [0.25, 0.3) is 10.9 Å². The van der Waals surface area contributed by atoms with Crippen LogP contribution in [0.2, 0.25) is 0 Å². The monoisotopic (exact) mass is 504 g/mol. The number of likely N-dealkylation sites (tertiary alicyclic amines) is 1. The lowest BCUT2D eigenvalue weighted by molar-refractivity contribution is -0.00204. The molecular formula is C27H32N6O4. The number of aryl methyl sites for hydroxylation is 1. The number of nitriles is 1. The first-order valence-corrected chi connectivity index (χ1v) is 12.7. The number of piperidine rings is 1. The summed E-state index contributed by atoms with van der Waals surface area (Å²) in [5.74, 6) is 0.331. The Bertz CT molecular complexity index is 1420. The largest absolute Gasteiger partial charge is 0.390 e. The van der Waals surface area contributed by atoms with Crippen LogP contribution in [0.4, 0.5) is 11.5 Å². The number of H-pyrrole nitrogens is 1. The molecule has 10 nitrogen and oxygen atoms in total. The van der Waals surface area contributed by atoms with Crippen molar-refractivity contribution in [3.05, 3.63) is 51.9 Å². The van der Waals surface area contributed by atoms with Crippen LogP contribution in [0.1, 0.15) is 54.9 Å². The Balaban J connectivity index is 1.46. The summed E-state index contributed by atoms with van der Waals surface area (Å²) in [5.41, 5.74) is 1.08. The second-order valence-corrected chi connectivity index (χ2v) is 10.5. The van der Waals surface area contributed by atoms with Gasteiger partial charge in [-0.3, -0.25) is 14.3 Å². The highest BCUT2D eigenvalue weighted by Crippen LogP contribution is 2.35. The number of benzene rings is 1. The van der Waals surface area contributed by atoms with E-state index in [1.54, 1.807) is 40.9 Å². The molecular weight excluding hydrogens is 472 g/mol. The Morgan fingerprint density at radius 1 is 1.30 bits per heavy atom. The van der Waals surface area contributed by atoms with Crippen LogP contribution in [-0.2, 0) is 10.3 Å². The van der Waals surface area contributed by atoms with E-state index in [2.05, 4.69) is 16.4 Å². The predicted octanol–water partition coefficient (Wildman–Crippen LogP) is 3.18. The third-order valence-corrected chi connectivity index (χ3v) is 7.61. The lowest BCUT2D eigenvalue weighted by Crippen LogP contribution is -2.45. The molecule has 3 N–H and O–H groups in total. The number of aromatic nitrogens is 3. The van der Waals surface area contributed by atoms with Crippen molar-refractivity contribution in [1.82, 2.24) is 19.7 Å². The summed E-state index contributed by atoms with van der Waals surface area (Å²) in [6.45, 7) is 5.71. The molecule has 1 unspecified atom stereocenters. The molecule has 0 radical (unpaired) electrons. The normalized spacial score (nSPS) is 21.5. The van der Waals surface area contributed by atoms with Gasteiger partial charge in [0.15, 0.2) is 5.82 Å². The van der Waals surface area contributed by atoms with Crippen LogP contribution in [0.3, 0.4) is 0 Å². The number of nitrogens with zero attached hydrogens (tertiary/aromatic N) is 4. The topological polar surface area (TPSA) is 136 Å². The summed E-state index contributed by atoms with van der Waals surface area (Å²) in [6, 6.07) is 9.52. The van der Waals surface area contributed by atoms with E-state index in [1.165, 1.54) is 0 Å². The highest BCUT2D eigenvalue weighted by Gasteiger charge is 2.38. The summed E-state index contributed by atoms with van der Waals surface area (Å²) >= 11 is 0. The number of carbonyl (C=O) groups is 1. The zero-order valence-electron chi connectivity index (χ0n) is 21.2. The van der Waals surface area contributed by atoms with E-state index >= 15 is 0 Å². The van der Waals surface area contributed by atoms with Crippen molar-refractivity contribution in [2.75, 3.05) is 31.6 Å². The van der Waals surface area contributed by atoms with Crippen LogP contribution < -0.4 is 10.9 Å². The van der Waals surface area contributed by atoms with Gasteiger partial charge >= 0.3 is 0 Å². The number of ether oxygens (including phenoxy) is 1. The van der Waals surface area contributed by atoms with Crippen molar-refractivity contribution >= 4 is 28.3 Å². The average molecular weight is 505 g/mol. The van der Waals surface area contributed by atoms with Crippen LogP contribution >= 0.6 is 0 Å². The molecule has 1 amide bonds. The highest BCUT2D eigenvalue weighted by molar-refractivity contribution is 5.96. The molecule has 37 heavy (non-hydrogen) atoms. The van der Waals surface area contributed by atoms with E-state index < -0.39 is 11.1 Å². The molecule has 0 saturated carbocycles. The van der Waals surface area contributed by atoms with Gasteiger partial charge < -0.3 is 25.0 Å². The molecule has 1 aromatic carbocycles. The van der Waals surface area contributed by atoms with Gasteiger partial charge in [-0.15, -0.1) is 0 Å². The fraction of sp³-hybridized carbons (Fsp3) is 0.481. The number of anilines is 2. The van der Waals surface area contributed by atoms with Crippen molar-refractivity contribution in [3.8, 4) is 6.07 Å². The van der Waals surface area contributed by atoms with Crippen molar-refractivity contribution in [3.63, 3.8) is 0 Å². The smallest absolute Gasteiger partial charge is 0.261 e. The van der Waals surface area contributed by atoms with Gasteiger partial charge in [0.05, 0.1) is 35.8 Å². The summed E-state index contributed by atoms with van der Waals surface area (Å²) in [5, 5.41) is 28.2. The van der Waals surface area contributed by atoms with Crippen molar-refractivity contribution in [2.45, 2.75) is 57.1 Å². The van der Waals surface area contributed by atoms with Gasteiger partial charge in [0.2, 0.25) is 0 Å². The van der Waals surface area contributed by atoms with Crippen LogP contribution in [0.5, 0.6) is 0 Å². The highest BCUT2D eigenvalue weighted by atomic mass is 16.5. The molecule has 2 fully saturated rings. The summed E-state index contributed by atoms with van der Waals surface area (Å²) < 4.78 is 7.52. The third-order valence-electron chi connectivity index (χ3n) is 7.61. The van der Waals surface area contributed by atoms with Gasteiger partial charge in [0.1, 0.15) is 5.39 Å². The lowest BCUT2D eigenvalue weighted by Gasteiger charge is -2.36. The third kappa shape index (κ3) is 4.72. The van der Waals surface area contributed by atoms with Gasteiger partial charge in [-0.25, -0.2) is 0 Å². The van der Waals surface area contributed by atoms with E-state index in [-0.39, 0.29) is 17.9 Å². The molecule has 10 heteroatoms. The van der Waals surface area contributed by atoms with Crippen molar-refractivity contribution < 1.29 is 14.6 Å². The molecule has 0 bridgehead atoms. The van der Waals surface area contributed by atoms with E-state index in [0.717, 1.165) is 18.4 Å². The fourth-order valence-corrected chi connectivity index (χ4v) is 5.37. The lowest BCUT2D eigenvalue weighted by atomic mass is 9.89. The minimum absolute atomic E-state index is 0.0542. The maximum atomic E-state index is 13.1. The van der Waals surface area contributed by atoms with Crippen LogP contribution in [-0.4, -0.2) is 62.6 Å². The molecule has 2 saturated heterocycles.